The van der Waals surface area contributed by atoms with Crippen LogP contribution in [0.1, 0.15) is 41.6 Å². The first kappa shape index (κ1) is 19.7. The SMILES string of the molecule is O=C(CCc1cccc(Cl)c1Cl)Nc1ccccc1C(=O)N1CCCCC1. The third-order valence-corrected chi connectivity index (χ3v) is 5.59. The first-order valence-corrected chi connectivity index (χ1v) is 9.93. The molecule has 1 aliphatic rings. The van der Waals surface area contributed by atoms with Crippen LogP contribution in [0.3, 0.4) is 0 Å². The van der Waals surface area contributed by atoms with Crippen LogP contribution in [0.2, 0.25) is 10.0 Å². The van der Waals surface area contributed by atoms with E-state index in [9.17, 15) is 9.59 Å². The lowest BCUT2D eigenvalue weighted by molar-refractivity contribution is -0.116. The van der Waals surface area contributed by atoms with E-state index in [2.05, 4.69) is 5.32 Å². The Balaban J connectivity index is 1.65. The molecule has 0 saturated carbocycles. The summed E-state index contributed by atoms with van der Waals surface area (Å²) in [5, 5.41) is 3.83. The molecule has 0 unspecified atom stereocenters. The fourth-order valence-corrected chi connectivity index (χ4v) is 3.66. The molecule has 1 N–H and O–H groups in total. The molecule has 1 heterocycles. The van der Waals surface area contributed by atoms with E-state index in [1.54, 1.807) is 18.2 Å². The Kier molecular flexibility index (Phi) is 6.75. The van der Waals surface area contributed by atoms with Gasteiger partial charge in [0.2, 0.25) is 5.91 Å². The summed E-state index contributed by atoms with van der Waals surface area (Å²) >= 11 is 12.2. The number of para-hydroxylation sites is 1. The van der Waals surface area contributed by atoms with E-state index in [1.807, 2.05) is 29.2 Å². The molecule has 0 spiro atoms. The number of anilines is 1. The molecule has 0 radical (unpaired) electrons. The lowest BCUT2D eigenvalue weighted by Crippen LogP contribution is -2.36. The van der Waals surface area contributed by atoms with Gasteiger partial charge >= 0.3 is 0 Å². The number of hydrogen-bond donors (Lipinski definition) is 1. The van der Waals surface area contributed by atoms with Gasteiger partial charge in [0.1, 0.15) is 0 Å². The Hall–Kier alpha value is -2.04. The van der Waals surface area contributed by atoms with Crippen LogP contribution in [0.5, 0.6) is 0 Å². The van der Waals surface area contributed by atoms with Crippen LogP contribution >= 0.6 is 23.2 Å². The number of rotatable bonds is 5. The van der Waals surface area contributed by atoms with Gasteiger partial charge in [-0.05, 0) is 49.4 Å². The molecule has 0 aromatic heterocycles. The lowest BCUT2D eigenvalue weighted by Gasteiger charge is -2.27. The molecule has 1 saturated heterocycles. The summed E-state index contributed by atoms with van der Waals surface area (Å²) in [5.74, 6) is -0.187. The van der Waals surface area contributed by atoms with Crippen LogP contribution in [0.4, 0.5) is 5.69 Å². The van der Waals surface area contributed by atoms with Gasteiger partial charge in [-0.15, -0.1) is 0 Å². The molecule has 2 aromatic rings. The highest BCUT2D eigenvalue weighted by molar-refractivity contribution is 6.42. The van der Waals surface area contributed by atoms with Crippen LogP contribution in [-0.2, 0) is 11.2 Å². The van der Waals surface area contributed by atoms with Gasteiger partial charge in [-0.2, -0.15) is 0 Å². The number of likely N-dealkylation sites (tertiary alicyclic amines) is 1. The van der Waals surface area contributed by atoms with Crippen LogP contribution < -0.4 is 5.32 Å². The molecule has 142 valence electrons. The minimum atomic E-state index is -0.162. The Bertz CT molecular complexity index is 833. The van der Waals surface area contributed by atoms with E-state index in [1.165, 1.54) is 0 Å². The third-order valence-electron chi connectivity index (χ3n) is 4.73. The fourth-order valence-electron chi connectivity index (χ4n) is 3.25. The molecule has 27 heavy (non-hydrogen) atoms. The monoisotopic (exact) mass is 404 g/mol. The number of carbonyl (C=O) groups is 2. The maximum Gasteiger partial charge on any atom is 0.255 e. The summed E-state index contributed by atoms with van der Waals surface area (Å²) < 4.78 is 0. The minimum absolute atomic E-state index is 0.0246. The maximum absolute atomic E-state index is 12.8. The maximum atomic E-state index is 12.8. The highest BCUT2D eigenvalue weighted by Gasteiger charge is 2.21. The largest absolute Gasteiger partial charge is 0.339 e. The quantitative estimate of drug-likeness (QED) is 0.744. The van der Waals surface area contributed by atoms with Crippen LogP contribution in [-0.4, -0.2) is 29.8 Å². The van der Waals surface area contributed by atoms with E-state index < -0.39 is 0 Å². The summed E-state index contributed by atoms with van der Waals surface area (Å²) in [4.78, 5) is 27.1. The number of nitrogens with zero attached hydrogens (tertiary/aromatic N) is 1. The first-order chi connectivity index (χ1) is 13.1. The normalized spacial score (nSPS) is 14.1. The average Bonchev–Trinajstić information content (AvgIpc) is 2.70. The standard InChI is InChI=1S/C21H22Cl2N2O2/c22-17-9-6-7-15(20(17)23)11-12-19(26)24-18-10-3-2-8-16(18)21(27)25-13-4-1-5-14-25/h2-3,6-10H,1,4-5,11-14H2,(H,24,26). The number of carbonyl (C=O) groups excluding carboxylic acids is 2. The van der Waals surface area contributed by atoms with E-state index in [0.717, 1.165) is 37.9 Å². The number of nitrogens with one attached hydrogen (secondary N) is 1. The molecule has 1 fully saturated rings. The summed E-state index contributed by atoms with van der Waals surface area (Å²) in [6, 6.07) is 12.6. The second kappa shape index (κ2) is 9.25. The number of halogens is 2. The van der Waals surface area contributed by atoms with Crippen molar-refractivity contribution in [3.8, 4) is 0 Å². The van der Waals surface area contributed by atoms with Crippen molar-refractivity contribution in [2.24, 2.45) is 0 Å². The van der Waals surface area contributed by atoms with Crippen molar-refractivity contribution >= 4 is 40.7 Å². The van der Waals surface area contributed by atoms with Gasteiger partial charge in [0.25, 0.3) is 5.91 Å². The number of amides is 2. The van der Waals surface area contributed by atoms with E-state index in [0.29, 0.717) is 27.7 Å². The lowest BCUT2D eigenvalue weighted by atomic mass is 10.1. The zero-order valence-electron chi connectivity index (χ0n) is 15.0. The fraction of sp³-hybridized carbons (Fsp3) is 0.333. The molecule has 0 aliphatic carbocycles. The molecule has 2 amide bonds. The Labute approximate surface area is 169 Å². The van der Waals surface area contributed by atoms with E-state index in [-0.39, 0.29) is 18.2 Å². The number of hydrogen-bond acceptors (Lipinski definition) is 2. The summed E-state index contributed by atoms with van der Waals surface area (Å²) in [6.45, 7) is 1.54. The zero-order chi connectivity index (χ0) is 19.2. The van der Waals surface area contributed by atoms with Crippen LogP contribution in [0.25, 0.3) is 0 Å². The molecule has 1 aliphatic heterocycles. The number of piperidine rings is 1. The highest BCUT2D eigenvalue weighted by Crippen LogP contribution is 2.26. The van der Waals surface area contributed by atoms with Gasteiger partial charge in [0.15, 0.2) is 0 Å². The topological polar surface area (TPSA) is 49.4 Å². The van der Waals surface area contributed by atoms with Crippen LogP contribution in [0.15, 0.2) is 42.5 Å². The van der Waals surface area contributed by atoms with Gasteiger partial charge in [0, 0.05) is 19.5 Å². The average molecular weight is 405 g/mol. The van der Waals surface area contributed by atoms with Crippen LogP contribution in [0, 0.1) is 0 Å². The van der Waals surface area contributed by atoms with Crippen molar-refractivity contribution < 1.29 is 9.59 Å². The zero-order valence-corrected chi connectivity index (χ0v) is 16.5. The van der Waals surface area contributed by atoms with Crippen molar-refractivity contribution in [2.45, 2.75) is 32.1 Å². The molecular weight excluding hydrogens is 383 g/mol. The number of aryl methyl sites for hydroxylation is 1. The Morgan fingerprint density at radius 2 is 1.70 bits per heavy atom. The molecule has 0 bridgehead atoms. The van der Waals surface area contributed by atoms with Crippen molar-refractivity contribution in [2.75, 3.05) is 18.4 Å². The molecule has 4 nitrogen and oxygen atoms in total. The van der Waals surface area contributed by atoms with Gasteiger partial charge in [-0.3, -0.25) is 9.59 Å². The smallest absolute Gasteiger partial charge is 0.255 e. The van der Waals surface area contributed by atoms with Crippen molar-refractivity contribution in [3.63, 3.8) is 0 Å². The predicted molar refractivity (Wildman–Crippen MR) is 110 cm³/mol. The first-order valence-electron chi connectivity index (χ1n) is 9.17. The molecular formula is C21H22Cl2N2O2. The van der Waals surface area contributed by atoms with Gasteiger partial charge in [0.05, 0.1) is 21.3 Å². The Morgan fingerprint density at radius 3 is 2.48 bits per heavy atom. The molecule has 3 rings (SSSR count). The van der Waals surface area contributed by atoms with Crippen molar-refractivity contribution in [1.82, 2.24) is 4.90 Å². The summed E-state index contributed by atoms with van der Waals surface area (Å²) in [5.41, 5.74) is 1.92. The van der Waals surface area contributed by atoms with Gasteiger partial charge < -0.3 is 10.2 Å². The van der Waals surface area contributed by atoms with Gasteiger partial charge in [-0.25, -0.2) is 0 Å². The summed E-state index contributed by atoms with van der Waals surface area (Å²) in [6.07, 6.45) is 3.95. The summed E-state index contributed by atoms with van der Waals surface area (Å²) in [7, 11) is 0. The van der Waals surface area contributed by atoms with E-state index >= 15 is 0 Å². The number of benzene rings is 2. The molecule has 0 atom stereocenters. The third kappa shape index (κ3) is 5.02. The second-order valence-corrected chi connectivity index (χ2v) is 7.44. The molecule has 2 aromatic carbocycles. The Morgan fingerprint density at radius 1 is 0.963 bits per heavy atom. The highest BCUT2D eigenvalue weighted by atomic mass is 35.5. The minimum Gasteiger partial charge on any atom is -0.339 e. The van der Waals surface area contributed by atoms with Gasteiger partial charge in [-0.1, -0.05) is 47.5 Å². The second-order valence-electron chi connectivity index (χ2n) is 6.66. The van der Waals surface area contributed by atoms with Crippen molar-refractivity contribution in [3.05, 3.63) is 63.6 Å². The molecule has 6 heteroatoms. The predicted octanol–water partition coefficient (Wildman–Crippen LogP) is 5.19. The van der Waals surface area contributed by atoms with E-state index in [4.69, 9.17) is 23.2 Å². The van der Waals surface area contributed by atoms with Crippen molar-refractivity contribution in [1.29, 1.82) is 0 Å².